The lowest BCUT2D eigenvalue weighted by Gasteiger charge is -2.08. The van der Waals surface area contributed by atoms with Crippen molar-refractivity contribution in [3.8, 4) is 5.75 Å². The Labute approximate surface area is 117 Å². The van der Waals surface area contributed by atoms with Crippen molar-refractivity contribution in [2.75, 3.05) is 13.7 Å². The summed E-state index contributed by atoms with van der Waals surface area (Å²) in [5, 5.41) is 26.2. The molecule has 6 heteroatoms. The number of nitrogens with zero attached hydrogens (tertiary/aromatic N) is 3. The van der Waals surface area contributed by atoms with E-state index in [0.717, 1.165) is 17.0 Å². The van der Waals surface area contributed by atoms with E-state index in [1.54, 1.807) is 11.8 Å². The number of aryl methyl sites for hydroxylation is 1. The highest BCUT2D eigenvalue weighted by Crippen LogP contribution is 2.16. The van der Waals surface area contributed by atoms with Crippen LogP contribution in [0.3, 0.4) is 0 Å². The number of ether oxygens (including phenoxy) is 1. The van der Waals surface area contributed by atoms with Crippen molar-refractivity contribution >= 4 is 0 Å². The van der Waals surface area contributed by atoms with Gasteiger partial charge >= 0.3 is 0 Å². The van der Waals surface area contributed by atoms with Crippen LogP contribution in [0.15, 0.2) is 24.3 Å². The number of hydrogen-bond acceptors (Lipinski definition) is 5. The van der Waals surface area contributed by atoms with E-state index in [4.69, 9.17) is 9.84 Å². The van der Waals surface area contributed by atoms with Gasteiger partial charge in [-0.2, -0.15) is 0 Å². The van der Waals surface area contributed by atoms with Crippen LogP contribution in [-0.2, 0) is 19.6 Å². The summed E-state index contributed by atoms with van der Waals surface area (Å²) < 4.78 is 6.87. The van der Waals surface area contributed by atoms with E-state index in [2.05, 4.69) is 10.3 Å². The fourth-order valence-electron chi connectivity index (χ4n) is 2.02. The van der Waals surface area contributed by atoms with E-state index in [9.17, 15) is 5.11 Å². The third-order valence-electron chi connectivity index (χ3n) is 3.13. The molecule has 108 valence electrons. The first-order valence-electron chi connectivity index (χ1n) is 6.54. The fourth-order valence-corrected chi connectivity index (χ4v) is 2.02. The summed E-state index contributed by atoms with van der Waals surface area (Å²) in [6.07, 6.45) is 1.25. The lowest BCUT2D eigenvalue weighted by Crippen LogP contribution is -2.08. The van der Waals surface area contributed by atoms with Crippen molar-refractivity contribution in [3.05, 3.63) is 41.2 Å². The van der Waals surface area contributed by atoms with Gasteiger partial charge < -0.3 is 14.9 Å². The first kappa shape index (κ1) is 14.5. The lowest BCUT2D eigenvalue weighted by molar-refractivity contribution is 0.273. The van der Waals surface area contributed by atoms with Gasteiger partial charge in [-0.1, -0.05) is 17.3 Å². The van der Waals surface area contributed by atoms with Crippen molar-refractivity contribution in [1.82, 2.24) is 15.0 Å². The van der Waals surface area contributed by atoms with Gasteiger partial charge in [-0.15, -0.1) is 5.10 Å². The minimum absolute atomic E-state index is 0.107. The van der Waals surface area contributed by atoms with Crippen molar-refractivity contribution in [3.63, 3.8) is 0 Å². The number of benzene rings is 1. The van der Waals surface area contributed by atoms with E-state index < -0.39 is 0 Å². The largest absolute Gasteiger partial charge is 0.497 e. The molecule has 1 aromatic heterocycles. The molecule has 0 aliphatic rings. The minimum atomic E-state index is -0.134. The summed E-state index contributed by atoms with van der Waals surface area (Å²) >= 11 is 0. The van der Waals surface area contributed by atoms with Crippen LogP contribution in [-0.4, -0.2) is 38.9 Å². The zero-order chi connectivity index (χ0) is 14.4. The summed E-state index contributed by atoms with van der Waals surface area (Å²) in [7, 11) is 1.63. The average molecular weight is 277 g/mol. The number of rotatable bonds is 7. The molecular weight excluding hydrogens is 258 g/mol. The normalized spacial score (nSPS) is 10.8. The average Bonchev–Trinajstić information content (AvgIpc) is 2.88. The molecule has 0 amide bonds. The Morgan fingerprint density at radius 2 is 1.95 bits per heavy atom. The number of hydrogen-bond donors (Lipinski definition) is 2. The third kappa shape index (κ3) is 3.34. The Bertz CT molecular complexity index is 537. The van der Waals surface area contributed by atoms with Crippen LogP contribution in [0.5, 0.6) is 5.75 Å². The molecule has 6 nitrogen and oxygen atoms in total. The summed E-state index contributed by atoms with van der Waals surface area (Å²) in [5.41, 5.74) is 2.55. The van der Waals surface area contributed by atoms with Crippen molar-refractivity contribution < 1.29 is 14.9 Å². The van der Waals surface area contributed by atoms with Gasteiger partial charge in [-0.05, 0) is 24.1 Å². The van der Waals surface area contributed by atoms with Gasteiger partial charge in [0, 0.05) is 19.6 Å². The smallest absolute Gasteiger partial charge is 0.118 e. The van der Waals surface area contributed by atoms with Gasteiger partial charge in [0.05, 0.1) is 19.4 Å². The Morgan fingerprint density at radius 3 is 2.55 bits per heavy atom. The van der Waals surface area contributed by atoms with Gasteiger partial charge in [0.2, 0.25) is 0 Å². The maximum absolute atomic E-state index is 9.33. The summed E-state index contributed by atoms with van der Waals surface area (Å²) in [4.78, 5) is 0. The topological polar surface area (TPSA) is 80.4 Å². The molecule has 0 saturated heterocycles. The van der Waals surface area contributed by atoms with Gasteiger partial charge in [0.1, 0.15) is 11.4 Å². The van der Waals surface area contributed by atoms with Crippen LogP contribution in [0.4, 0.5) is 0 Å². The zero-order valence-corrected chi connectivity index (χ0v) is 11.5. The summed E-state index contributed by atoms with van der Waals surface area (Å²) in [6, 6.07) is 7.75. The van der Waals surface area contributed by atoms with E-state index in [0.29, 0.717) is 25.1 Å². The third-order valence-corrected chi connectivity index (χ3v) is 3.13. The predicted octanol–water partition coefficient (Wildman–Crippen LogP) is 0.752. The van der Waals surface area contributed by atoms with Gasteiger partial charge in [0.25, 0.3) is 0 Å². The molecule has 0 radical (unpaired) electrons. The van der Waals surface area contributed by atoms with E-state index in [1.165, 1.54) is 0 Å². The molecule has 0 fully saturated rings. The highest BCUT2D eigenvalue weighted by Gasteiger charge is 2.12. The molecule has 0 atom stereocenters. The molecule has 0 spiro atoms. The van der Waals surface area contributed by atoms with Crippen LogP contribution >= 0.6 is 0 Å². The number of methoxy groups -OCH3 is 1. The highest BCUT2D eigenvalue weighted by atomic mass is 16.5. The fraction of sp³-hybridized carbons (Fsp3) is 0.429. The highest BCUT2D eigenvalue weighted by molar-refractivity contribution is 5.30. The predicted molar refractivity (Wildman–Crippen MR) is 73.4 cm³/mol. The van der Waals surface area contributed by atoms with Gasteiger partial charge in [-0.25, -0.2) is 4.68 Å². The number of aromatic nitrogens is 3. The van der Waals surface area contributed by atoms with Crippen molar-refractivity contribution in [2.45, 2.75) is 26.0 Å². The standard InChI is InChI=1S/C14H19N3O3/c1-20-12-5-3-11(4-6-12)9-14-13(10-19)15-16-17(14)7-2-8-18/h3-6,18-19H,2,7-10H2,1H3. The van der Waals surface area contributed by atoms with Gasteiger partial charge in [0.15, 0.2) is 0 Å². The second kappa shape index (κ2) is 7.02. The Balaban J connectivity index is 2.19. The quantitative estimate of drug-likeness (QED) is 0.780. The first-order chi connectivity index (χ1) is 9.78. The lowest BCUT2D eigenvalue weighted by atomic mass is 10.1. The first-order valence-corrected chi connectivity index (χ1v) is 6.54. The van der Waals surface area contributed by atoms with Crippen molar-refractivity contribution in [2.24, 2.45) is 0 Å². The number of aliphatic hydroxyl groups excluding tert-OH is 2. The molecule has 2 aromatic rings. The molecular formula is C14H19N3O3. The Morgan fingerprint density at radius 1 is 1.20 bits per heavy atom. The van der Waals surface area contributed by atoms with E-state index in [1.807, 2.05) is 24.3 Å². The zero-order valence-electron chi connectivity index (χ0n) is 11.5. The maximum Gasteiger partial charge on any atom is 0.118 e. The molecule has 0 aliphatic heterocycles. The van der Waals surface area contributed by atoms with Crippen LogP contribution in [0.2, 0.25) is 0 Å². The van der Waals surface area contributed by atoms with Crippen LogP contribution in [0, 0.1) is 0 Å². The van der Waals surface area contributed by atoms with E-state index in [-0.39, 0.29) is 13.2 Å². The second-order valence-corrected chi connectivity index (χ2v) is 4.47. The van der Waals surface area contributed by atoms with E-state index >= 15 is 0 Å². The van der Waals surface area contributed by atoms with Crippen LogP contribution in [0.1, 0.15) is 23.4 Å². The molecule has 0 saturated carbocycles. The van der Waals surface area contributed by atoms with Crippen LogP contribution < -0.4 is 4.74 Å². The van der Waals surface area contributed by atoms with Crippen molar-refractivity contribution in [1.29, 1.82) is 0 Å². The number of aliphatic hydroxyl groups is 2. The molecule has 1 aromatic carbocycles. The Kier molecular flexibility index (Phi) is 5.09. The molecule has 0 aliphatic carbocycles. The summed E-state index contributed by atoms with van der Waals surface area (Å²) in [6.45, 7) is 0.565. The molecule has 2 rings (SSSR count). The maximum atomic E-state index is 9.33. The van der Waals surface area contributed by atoms with Gasteiger partial charge in [-0.3, -0.25) is 0 Å². The molecule has 20 heavy (non-hydrogen) atoms. The molecule has 0 unspecified atom stereocenters. The monoisotopic (exact) mass is 277 g/mol. The molecule has 1 heterocycles. The van der Waals surface area contributed by atoms with Crippen LogP contribution in [0.25, 0.3) is 0 Å². The Hall–Kier alpha value is -1.92. The second-order valence-electron chi connectivity index (χ2n) is 4.47. The minimum Gasteiger partial charge on any atom is -0.497 e. The molecule has 0 bridgehead atoms. The molecule has 2 N–H and O–H groups in total. The summed E-state index contributed by atoms with van der Waals surface area (Å²) in [5.74, 6) is 0.808. The SMILES string of the molecule is COc1ccc(Cc2c(CO)nnn2CCCO)cc1.